The molecule has 0 radical (unpaired) electrons. The molecule has 92 valence electrons. The van der Waals surface area contributed by atoms with E-state index in [9.17, 15) is 14.4 Å². The van der Waals surface area contributed by atoms with Crippen LogP contribution in [0, 0.1) is 0 Å². The van der Waals surface area contributed by atoms with Gasteiger partial charge in [0.15, 0.2) is 0 Å². The number of ketones is 1. The predicted molar refractivity (Wildman–Crippen MR) is 58.8 cm³/mol. The van der Waals surface area contributed by atoms with Gasteiger partial charge in [-0.3, -0.25) is 14.4 Å². The van der Waals surface area contributed by atoms with Crippen molar-refractivity contribution in [2.45, 2.75) is 27.2 Å². The largest absolute Gasteiger partial charge is 0.466 e. The first-order valence-electron chi connectivity index (χ1n) is 4.83. The molecule has 0 N–H and O–H groups in total. The second-order valence-electron chi connectivity index (χ2n) is 2.78. The lowest BCUT2D eigenvalue weighted by atomic mass is 10.3. The molecule has 0 aromatic heterocycles. The van der Waals surface area contributed by atoms with E-state index in [4.69, 9.17) is 0 Å². The van der Waals surface area contributed by atoms with Crippen LogP contribution in [0.1, 0.15) is 27.2 Å². The van der Waals surface area contributed by atoms with E-state index in [2.05, 4.69) is 16.1 Å². The number of carbonyl (C=O) groups excluding carboxylic acids is 3. The van der Waals surface area contributed by atoms with E-state index in [1.165, 1.54) is 19.9 Å². The topological polar surface area (TPSA) is 69.7 Å². The molecule has 0 amide bonds. The molecule has 5 nitrogen and oxygen atoms in total. The summed E-state index contributed by atoms with van der Waals surface area (Å²) in [6.07, 6.45) is 1.31. The first-order chi connectivity index (χ1) is 7.43. The Balaban J connectivity index is 0. The van der Waals surface area contributed by atoms with E-state index >= 15 is 0 Å². The molecule has 0 aliphatic heterocycles. The van der Waals surface area contributed by atoms with Gasteiger partial charge in [0.2, 0.25) is 0 Å². The lowest BCUT2D eigenvalue weighted by molar-refractivity contribution is -0.144. The molecular formula is C11H18O5. The average Bonchev–Trinajstić information content (AvgIpc) is 2.14. The zero-order chi connectivity index (χ0) is 13.0. The molecule has 0 heterocycles. The fourth-order valence-electron chi connectivity index (χ4n) is 0.609. The zero-order valence-corrected chi connectivity index (χ0v) is 9.95. The van der Waals surface area contributed by atoms with Gasteiger partial charge in [-0.05, 0) is 13.8 Å². The molecule has 0 spiro atoms. The third-order valence-corrected chi connectivity index (χ3v) is 1.10. The first-order valence-corrected chi connectivity index (χ1v) is 4.83. The van der Waals surface area contributed by atoms with Crippen LogP contribution in [0.15, 0.2) is 12.7 Å². The fraction of sp³-hybridized carbons (Fsp3) is 0.545. The molecule has 0 fully saturated rings. The van der Waals surface area contributed by atoms with Crippen molar-refractivity contribution in [1.29, 1.82) is 0 Å². The minimum Gasteiger partial charge on any atom is -0.466 e. The highest BCUT2D eigenvalue weighted by Gasteiger charge is 2.03. The molecule has 0 aliphatic rings. The highest BCUT2D eigenvalue weighted by atomic mass is 16.5. The molecular weight excluding hydrogens is 212 g/mol. The molecule has 0 unspecified atom stereocenters. The Labute approximate surface area is 95.4 Å². The van der Waals surface area contributed by atoms with Crippen LogP contribution >= 0.6 is 0 Å². The van der Waals surface area contributed by atoms with Gasteiger partial charge in [-0.1, -0.05) is 12.7 Å². The Morgan fingerprint density at radius 3 is 2.00 bits per heavy atom. The van der Waals surface area contributed by atoms with Gasteiger partial charge < -0.3 is 9.47 Å². The molecule has 0 atom stereocenters. The predicted octanol–water partition coefficient (Wildman–Crippen LogP) is 1.26. The number of hydrogen-bond acceptors (Lipinski definition) is 5. The average molecular weight is 230 g/mol. The number of rotatable bonds is 5. The van der Waals surface area contributed by atoms with Gasteiger partial charge in [0, 0.05) is 6.92 Å². The van der Waals surface area contributed by atoms with Gasteiger partial charge >= 0.3 is 11.9 Å². The third kappa shape index (κ3) is 18.2. The maximum absolute atomic E-state index is 10.5. The Hall–Kier alpha value is -1.65. The third-order valence-electron chi connectivity index (χ3n) is 1.10. The van der Waals surface area contributed by atoms with Gasteiger partial charge in [0.1, 0.15) is 18.8 Å². The van der Waals surface area contributed by atoms with Crippen molar-refractivity contribution in [3.05, 3.63) is 12.7 Å². The van der Waals surface area contributed by atoms with E-state index in [1.54, 1.807) is 6.92 Å². The van der Waals surface area contributed by atoms with Crippen LogP contribution in [0.5, 0.6) is 0 Å². The summed E-state index contributed by atoms with van der Waals surface area (Å²) < 4.78 is 8.93. The molecule has 0 rings (SSSR count). The number of hydrogen-bond donors (Lipinski definition) is 0. The Morgan fingerprint density at radius 1 is 1.19 bits per heavy atom. The standard InChI is InChI=1S/C7H10O3.C4H8O2/c1-3-4-10-7(9)5-6(2)8;1-3-6-4(2)5/h3H,1,4-5H2,2H3;3H2,1-2H3. The maximum atomic E-state index is 10.5. The monoisotopic (exact) mass is 230 g/mol. The summed E-state index contributed by atoms with van der Waals surface area (Å²) in [5.74, 6) is -0.890. The van der Waals surface area contributed by atoms with E-state index in [1.807, 2.05) is 0 Å². The fourth-order valence-corrected chi connectivity index (χ4v) is 0.609. The molecule has 16 heavy (non-hydrogen) atoms. The summed E-state index contributed by atoms with van der Waals surface area (Å²) >= 11 is 0. The van der Waals surface area contributed by atoms with Crippen LogP contribution < -0.4 is 0 Å². The SMILES string of the molecule is C=CCOC(=O)CC(C)=O.CCOC(C)=O. The van der Waals surface area contributed by atoms with Gasteiger partial charge in [-0.2, -0.15) is 0 Å². The Morgan fingerprint density at radius 2 is 1.75 bits per heavy atom. The number of ether oxygens (including phenoxy) is 2. The maximum Gasteiger partial charge on any atom is 0.313 e. The quantitative estimate of drug-likeness (QED) is 0.404. The smallest absolute Gasteiger partial charge is 0.313 e. The van der Waals surface area contributed by atoms with E-state index < -0.39 is 5.97 Å². The minimum atomic E-state index is -0.493. The van der Waals surface area contributed by atoms with Crippen LogP contribution in [-0.2, 0) is 23.9 Å². The molecule has 0 aromatic carbocycles. The van der Waals surface area contributed by atoms with Gasteiger partial charge in [-0.15, -0.1) is 0 Å². The van der Waals surface area contributed by atoms with Crippen molar-refractivity contribution >= 4 is 17.7 Å². The van der Waals surface area contributed by atoms with E-state index in [0.717, 1.165) is 0 Å². The van der Waals surface area contributed by atoms with Crippen LogP contribution in [0.3, 0.4) is 0 Å². The van der Waals surface area contributed by atoms with Crippen molar-refractivity contribution in [2.75, 3.05) is 13.2 Å². The molecule has 0 saturated heterocycles. The van der Waals surface area contributed by atoms with Crippen molar-refractivity contribution in [1.82, 2.24) is 0 Å². The van der Waals surface area contributed by atoms with Crippen LogP contribution in [0.4, 0.5) is 0 Å². The molecule has 5 heteroatoms. The molecule has 0 aliphatic carbocycles. The highest BCUT2D eigenvalue weighted by Crippen LogP contribution is 1.87. The van der Waals surface area contributed by atoms with Gasteiger partial charge in [0.05, 0.1) is 6.61 Å². The van der Waals surface area contributed by atoms with Crippen molar-refractivity contribution in [3.63, 3.8) is 0 Å². The van der Waals surface area contributed by atoms with Crippen LogP contribution in [-0.4, -0.2) is 30.9 Å². The van der Waals surface area contributed by atoms with Gasteiger partial charge in [-0.25, -0.2) is 0 Å². The summed E-state index contributed by atoms with van der Waals surface area (Å²) in [5, 5.41) is 0. The van der Waals surface area contributed by atoms with Crippen molar-refractivity contribution < 1.29 is 23.9 Å². The molecule has 0 aromatic rings. The highest BCUT2D eigenvalue weighted by molar-refractivity contribution is 5.94. The number of esters is 2. The van der Waals surface area contributed by atoms with Crippen molar-refractivity contribution in [2.24, 2.45) is 0 Å². The zero-order valence-electron chi connectivity index (χ0n) is 9.95. The summed E-state index contributed by atoms with van der Waals surface area (Å²) in [4.78, 5) is 30.6. The summed E-state index contributed by atoms with van der Waals surface area (Å²) in [7, 11) is 0. The second kappa shape index (κ2) is 11.4. The summed E-state index contributed by atoms with van der Waals surface area (Å²) in [6, 6.07) is 0. The Bertz CT molecular complexity index is 245. The molecule has 0 bridgehead atoms. The lowest BCUT2D eigenvalue weighted by Crippen LogP contribution is -2.08. The number of carbonyl (C=O) groups is 3. The second-order valence-corrected chi connectivity index (χ2v) is 2.78. The van der Waals surface area contributed by atoms with Crippen LogP contribution in [0.25, 0.3) is 0 Å². The summed E-state index contributed by atoms with van der Waals surface area (Å²) in [6.45, 7) is 8.52. The normalized spacial score (nSPS) is 8.19. The van der Waals surface area contributed by atoms with E-state index in [0.29, 0.717) is 6.61 Å². The lowest BCUT2D eigenvalue weighted by Gasteiger charge is -1.96. The molecule has 0 saturated carbocycles. The van der Waals surface area contributed by atoms with Crippen LogP contribution in [0.2, 0.25) is 0 Å². The van der Waals surface area contributed by atoms with Gasteiger partial charge in [0.25, 0.3) is 0 Å². The first kappa shape index (κ1) is 16.8. The van der Waals surface area contributed by atoms with E-state index in [-0.39, 0.29) is 24.8 Å². The Kier molecular flexibility index (Phi) is 12.0. The number of Topliss-reactive ketones (excluding diaryl/α,β-unsaturated/α-hetero) is 1. The van der Waals surface area contributed by atoms with Crippen molar-refractivity contribution in [3.8, 4) is 0 Å². The minimum absolute atomic E-state index is 0.145. The summed E-state index contributed by atoms with van der Waals surface area (Å²) in [5.41, 5.74) is 0.